The summed E-state index contributed by atoms with van der Waals surface area (Å²) < 4.78 is 5.84. The van der Waals surface area contributed by atoms with E-state index in [0.717, 1.165) is 41.6 Å². The Morgan fingerprint density at radius 2 is 2.17 bits per heavy atom. The third-order valence-electron chi connectivity index (χ3n) is 4.75. The van der Waals surface area contributed by atoms with Crippen LogP contribution < -0.4 is 0 Å². The zero-order valence-corrected chi connectivity index (χ0v) is 13.6. The molecule has 2 aromatic heterocycles. The summed E-state index contributed by atoms with van der Waals surface area (Å²) in [4.78, 5) is 23.4. The monoisotopic (exact) mass is 321 g/mol. The van der Waals surface area contributed by atoms with Gasteiger partial charge in [0.25, 0.3) is 5.91 Å². The van der Waals surface area contributed by atoms with Crippen LogP contribution in [0.3, 0.4) is 0 Å². The zero-order valence-electron chi connectivity index (χ0n) is 13.6. The molecular formula is C19H19N3O2. The van der Waals surface area contributed by atoms with Gasteiger partial charge in [0, 0.05) is 48.5 Å². The molecule has 4 rings (SSSR count). The molecule has 3 heterocycles. The topological polar surface area (TPSA) is 59.2 Å². The second-order valence-electron chi connectivity index (χ2n) is 6.27. The fraction of sp³-hybridized carbons (Fsp3) is 0.316. The number of fused-ring (bicyclic) bond motifs is 1. The molecule has 5 heteroatoms. The van der Waals surface area contributed by atoms with Crippen molar-refractivity contribution in [2.75, 3.05) is 13.1 Å². The fourth-order valence-corrected chi connectivity index (χ4v) is 3.45. The highest BCUT2D eigenvalue weighted by Crippen LogP contribution is 2.29. The average Bonchev–Trinajstić information content (AvgIpc) is 2.99. The van der Waals surface area contributed by atoms with Crippen molar-refractivity contribution in [3.8, 4) is 0 Å². The van der Waals surface area contributed by atoms with Crippen LogP contribution in [0.1, 0.15) is 40.6 Å². The first-order chi connectivity index (χ1) is 11.7. The lowest BCUT2D eigenvalue weighted by Crippen LogP contribution is -2.39. The fourth-order valence-electron chi connectivity index (χ4n) is 3.45. The molecule has 3 aromatic rings. The number of piperidine rings is 1. The van der Waals surface area contributed by atoms with E-state index >= 15 is 0 Å². The molecular weight excluding hydrogens is 302 g/mol. The van der Waals surface area contributed by atoms with Gasteiger partial charge in [0.1, 0.15) is 5.58 Å². The molecule has 1 aliphatic heterocycles. The van der Waals surface area contributed by atoms with Crippen LogP contribution in [0.5, 0.6) is 0 Å². The SMILES string of the molecule is Cc1c(C(=O)N2CCC[C@@H](c3cnccn3)C2)oc2ccccc12. The maximum Gasteiger partial charge on any atom is 0.289 e. The number of carbonyl (C=O) groups is 1. The lowest BCUT2D eigenvalue weighted by Gasteiger charge is -2.31. The minimum Gasteiger partial charge on any atom is -0.451 e. The number of aromatic nitrogens is 2. The lowest BCUT2D eigenvalue weighted by molar-refractivity contribution is 0.0675. The summed E-state index contributed by atoms with van der Waals surface area (Å²) in [6.45, 7) is 3.36. The van der Waals surface area contributed by atoms with E-state index in [2.05, 4.69) is 9.97 Å². The number of carbonyl (C=O) groups excluding carboxylic acids is 1. The highest BCUT2D eigenvalue weighted by atomic mass is 16.3. The highest BCUT2D eigenvalue weighted by molar-refractivity contribution is 5.99. The predicted octanol–water partition coefficient (Wildman–Crippen LogP) is 3.55. The summed E-state index contributed by atoms with van der Waals surface area (Å²) in [6, 6.07) is 7.77. The molecule has 24 heavy (non-hydrogen) atoms. The van der Waals surface area contributed by atoms with Crippen molar-refractivity contribution in [3.63, 3.8) is 0 Å². The third kappa shape index (κ3) is 2.56. The van der Waals surface area contributed by atoms with E-state index in [0.29, 0.717) is 12.3 Å². The number of rotatable bonds is 2. The average molecular weight is 321 g/mol. The number of hydrogen-bond acceptors (Lipinski definition) is 4. The van der Waals surface area contributed by atoms with Crippen LogP contribution in [0.2, 0.25) is 0 Å². The van der Waals surface area contributed by atoms with Gasteiger partial charge in [-0.2, -0.15) is 0 Å². The molecule has 0 aliphatic carbocycles. The molecule has 1 fully saturated rings. The van der Waals surface area contributed by atoms with Gasteiger partial charge in [0.2, 0.25) is 0 Å². The van der Waals surface area contributed by atoms with E-state index in [1.54, 1.807) is 18.6 Å². The number of furan rings is 1. The third-order valence-corrected chi connectivity index (χ3v) is 4.75. The molecule has 1 aliphatic rings. The Bertz CT molecular complexity index is 873. The minimum atomic E-state index is -0.0303. The smallest absolute Gasteiger partial charge is 0.289 e. The lowest BCUT2D eigenvalue weighted by atomic mass is 9.94. The van der Waals surface area contributed by atoms with E-state index in [-0.39, 0.29) is 11.8 Å². The Labute approximate surface area is 140 Å². The molecule has 1 amide bonds. The number of amides is 1. The number of aryl methyl sites for hydroxylation is 1. The summed E-state index contributed by atoms with van der Waals surface area (Å²) in [6.07, 6.45) is 7.17. The summed E-state index contributed by atoms with van der Waals surface area (Å²) >= 11 is 0. The van der Waals surface area contributed by atoms with E-state index < -0.39 is 0 Å². The molecule has 1 atom stereocenters. The Morgan fingerprint density at radius 3 is 2.96 bits per heavy atom. The van der Waals surface area contributed by atoms with Crippen molar-refractivity contribution in [3.05, 3.63) is 59.9 Å². The molecule has 0 saturated carbocycles. The minimum absolute atomic E-state index is 0.0303. The zero-order chi connectivity index (χ0) is 16.5. The van der Waals surface area contributed by atoms with Crippen LogP contribution in [-0.2, 0) is 0 Å². The van der Waals surface area contributed by atoms with E-state index in [1.807, 2.05) is 36.1 Å². The Morgan fingerprint density at radius 1 is 1.29 bits per heavy atom. The summed E-state index contributed by atoms with van der Waals surface area (Å²) in [7, 11) is 0. The molecule has 1 aromatic carbocycles. The van der Waals surface area contributed by atoms with E-state index in [4.69, 9.17) is 4.42 Å². The summed E-state index contributed by atoms with van der Waals surface area (Å²) in [5.74, 6) is 0.661. The van der Waals surface area contributed by atoms with Gasteiger partial charge in [-0.15, -0.1) is 0 Å². The first-order valence-corrected chi connectivity index (χ1v) is 8.27. The standard InChI is InChI=1S/C19H19N3O2/c1-13-15-6-2-3-7-17(15)24-18(13)19(23)22-10-4-5-14(12-22)16-11-20-8-9-21-16/h2-3,6-9,11,14H,4-5,10,12H2,1H3/t14-/m1/s1. The van der Waals surface area contributed by atoms with Gasteiger partial charge < -0.3 is 9.32 Å². The first-order valence-electron chi connectivity index (χ1n) is 8.27. The van der Waals surface area contributed by atoms with Gasteiger partial charge in [0.15, 0.2) is 5.76 Å². The van der Waals surface area contributed by atoms with Gasteiger partial charge in [-0.3, -0.25) is 14.8 Å². The first kappa shape index (κ1) is 14.9. The van der Waals surface area contributed by atoms with Crippen molar-refractivity contribution in [2.45, 2.75) is 25.7 Å². The van der Waals surface area contributed by atoms with Crippen molar-refractivity contribution < 1.29 is 9.21 Å². The molecule has 0 N–H and O–H groups in total. The molecule has 0 bridgehead atoms. The van der Waals surface area contributed by atoms with Gasteiger partial charge in [-0.05, 0) is 25.8 Å². The molecule has 5 nitrogen and oxygen atoms in total. The van der Waals surface area contributed by atoms with E-state index in [1.165, 1.54) is 0 Å². The van der Waals surface area contributed by atoms with Crippen LogP contribution in [0, 0.1) is 6.92 Å². The molecule has 0 radical (unpaired) electrons. The second-order valence-corrected chi connectivity index (χ2v) is 6.27. The van der Waals surface area contributed by atoms with Gasteiger partial charge in [-0.25, -0.2) is 0 Å². The Balaban J connectivity index is 1.60. The van der Waals surface area contributed by atoms with Gasteiger partial charge >= 0.3 is 0 Å². The quantitative estimate of drug-likeness (QED) is 0.724. The van der Waals surface area contributed by atoms with Gasteiger partial charge in [0.05, 0.1) is 5.69 Å². The van der Waals surface area contributed by atoms with Crippen LogP contribution in [0.25, 0.3) is 11.0 Å². The highest BCUT2D eigenvalue weighted by Gasteiger charge is 2.29. The number of nitrogens with zero attached hydrogens (tertiary/aromatic N) is 3. The summed E-state index contributed by atoms with van der Waals surface area (Å²) in [5.41, 5.74) is 2.63. The maximum absolute atomic E-state index is 13.0. The van der Waals surface area contributed by atoms with Crippen LogP contribution >= 0.6 is 0 Å². The normalized spacial score (nSPS) is 18.0. The number of hydrogen-bond donors (Lipinski definition) is 0. The van der Waals surface area contributed by atoms with Crippen LogP contribution in [0.15, 0.2) is 47.3 Å². The molecule has 0 unspecified atom stereocenters. The maximum atomic E-state index is 13.0. The van der Waals surface area contributed by atoms with Crippen molar-refractivity contribution in [1.82, 2.24) is 14.9 Å². The number of benzene rings is 1. The second kappa shape index (κ2) is 6.07. The Hall–Kier alpha value is -2.69. The molecule has 122 valence electrons. The largest absolute Gasteiger partial charge is 0.451 e. The van der Waals surface area contributed by atoms with Crippen molar-refractivity contribution in [1.29, 1.82) is 0 Å². The predicted molar refractivity (Wildman–Crippen MR) is 90.9 cm³/mol. The van der Waals surface area contributed by atoms with Crippen LogP contribution in [0.4, 0.5) is 0 Å². The molecule has 0 spiro atoms. The van der Waals surface area contributed by atoms with E-state index in [9.17, 15) is 4.79 Å². The summed E-state index contributed by atoms with van der Waals surface area (Å²) in [5, 5.41) is 1.00. The number of para-hydroxylation sites is 1. The van der Waals surface area contributed by atoms with Crippen molar-refractivity contribution in [2.24, 2.45) is 0 Å². The van der Waals surface area contributed by atoms with Crippen LogP contribution in [-0.4, -0.2) is 33.9 Å². The van der Waals surface area contributed by atoms with Crippen molar-refractivity contribution >= 4 is 16.9 Å². The van der Waals surface area contributed by atoms with Gasteiger partial charge in [-0.1, -0.05) is 18.2 Å². The molecule has 1 saturated heterocycles. The number of likely N-dealkylation sites (tertiary alicyclic amines) is 1. The Kier molecular flexibility index (Phi) is 3.76.